The molecule has 6 N–H and O–H groups in total. The molecule has 0 bridgehead atoms. The standard InChI is InChI=1S/C28H22N8O8S2.2Na/c29-43-45(39,40)23-14-17-15-25(46(41,42)44-30)27(36-34-18-4-2-1-3-5-18)28(38)26(17)24(16-23)35-33-20-8-6-19(7-9-20)31-32-21-10-12-22(37)13-11-21;;/h1-16,37-38H,29-30H2;;. The first-order chi connectivity index (χ1) is 22.0. The molecular weight excluding hydrogens is 686 g/mol. The zero-order valence-corrected chi connectivity index (χ0v) is 30.9. The van der Waals surface area contributed by atoms with Crippen LogP contribution in [0.4, 0.5) is 34.1 Å². The summed E-state index contributed by atoms with van der Waals surface area (Å²) in [5.74, 6) is 9.32. The molecule has 236 valence electrons. The van der Waals surface area contributed by atoms with Gasteiger partial charge in [0.1, 0.15) is 16.3 Å². The van der Waals surface area contributed by atoms with Gasteiger partial charge in [-0.15, -0.1) is 10.2 Å². The third kappa shape index (κ3) is 9.14. The van der Waals surface area contributed by atoms with E-state index in [9.17, 15) is 27.0 Å². The van der Waals surface area contributed by atoms with Gasteiger partial charge in [-0.2, -0.15) is 57.7 Å². The minimum absolute atomic E-state index is 0. The first-order valence-corrected chi connectivity index (χ1v) is 15.6. The zero-order chi connectivity index (χ0) is 32.9. The second-order valence-corrected chi connectivity index (χ2v) is 12.3. The average molecular weight is 709 g/mol. The fourth-order valence-electron chi connectivity index (χ4n) is 3.99. The molecule has 48 heavy (non-hydrogen) atoms. The van der Waals surface area contributed by atoms with E-state index in [1.54, 1.807) is 66.7 Å². The zero-order valence-electron chi connectivity index (χ0n) is 25.2. The molecule has 0 aliphatic heterocycles. The Labute approximate surface area is 318 Å². The van der Waals surface area contributed by atoms with Gasteiger partial charge in [0.15, 0.2) is 5.75 Å². The Hall–Kier alpha value is -3.50. The van der Waals surface area contributed by atoms with Crippen LogP contribution in [-0.4, -0.2) is 86.2 Å². The van der Waals surface area contributed by atoms with Gasteiger partial charge in [-0.1, -0.05) is 18.2 Å². The van der Waals surface area contributed by atoms with E-state index in [4.69, 9.17) is 11.8 Å². The van der Waals surface area contributed by atoms with Crippen LogP contribution in [0.15, 0.2) is 138 Å². The van der Waals surface area contributed by atoms with Crippen molar-refractivity contribution in [1.82, 2.24) is 0 Å². The summed E-state index contributed by atoms with van der Waals surface area (Å²) in [6.45, 7) is 0. The van der Waals surface area contributed by atoms with Crippen LogP contribution in [0.2, 0.25) is 0 Å². The molecule has 0 saturated carbocycles. The third-order valence-corrected chi connectivity index (χ3v) is 8.36. The van der Waals surface area contributed by atoms with Gasteiger partial charge in [0.05, 0.1) is 38.7 Å². The second-order valence-electron chi connectivity index (χ2n) is 9.18. The number of phenols is 2. The fraction of sp³-hybridized carbons (Fsp3) is 0. The molecule has 20 heteroatoms. The minimum atomic E-state index is -4.72. The van der Waals surface area contributed by atoms with Gasteiger partial charge in [-0.3, -0.25) is 0 Å². The van der Waals surface area contributed by atoms with Crippen LogP contribution < -0.4 is 11.8 Å². The van der Waals surface area contributed by atoms with Gasteiger partial charge >= 0.3 is 20.2 Å². The predicted molar refractivity (Wildman–Crippen MR) is 176 cm³/mol. The maximum atomic E-state index is 12.7. The van der Waals surface area contributed by atoms with E-state index in [0.717, 1.165) is 18.2 Å². The first kappa shape index (κ1) is 38.9. The summed E-state index contributed by atoms with van der Waals surface area (Å²) in [7, 11) is -9.27. The number of fused-ring (bicyclic) bond motifs is 1. The van der Waals surface area contributed by atoms with Crippen molar-refractivity contribution in [2.75, 3.05) is 0 Å². The molecule has 5 rings (SSSR count). The molecule has 0 fully saturated rings. The largest absolute Gasteiger partial charge is 0.508 e. The number of aromatic hydroxyl groups is 2. The molecule has 0 aromatic heterocycles. The monoisotopic (exact) mass is 708 g/mol. The summed E-state index contributed by atoms with van der Waals surface area (Å²) < 4.78 is 58.8. The Morgan fingerprint density at radius 1 is 0.562 bits per heavy atom. The van der Waals surface area contributed by atoms with Gasteiger partial charge in [0.2, 0.25) is 0 Å². The fourth-order valence-corrected chi connectivity index (χ4v) is 5.38. The van der Waals surface area contributed by atoms with Crippen LogP contribution in [-0.2, 0) is 28.8 Å². The first-order valence-electron chi connectivity index (χ1n) is 12.8. The Morgan fingerprint density at radius 3 is 1.58 bits per heavy atom. The van der Waals surface area contributed by atoms with Crippen LogP contribution in [0, 0.1) is 0 Å². The van der Waals surface area contributed by atoms with E-state index in [1.807, 2.05) is 0 Å². The molecule has 0 unspecified atom stereocenters. The Morgan fingerprint density at radius 2 is 1.04 bits per heavy atom. The maximum absolute atomic E-state index is 12.7. The summed E-state index contributed by atoms with van der Waals surface area (Å²) in [4.78, 5) is -1.25. The predicted octanol–water partition coefficient (Wildman–Crippen LogP) is 5.89. The Balaban J connectivity index is 0.00000312. The molecule has 0 saturated heterocycles. The molecule has 0 amide bonds. The Bertz CT molecular complexity index is 2220. The van der Waals surface area contributed by atoms with Crippen molar-refractivity contribution < 1.29 is 35.6 Å². The summed E-state index contributed by atoms with van der Waals surface area (Å²) in [5, 5.41) is 44.8. The molecule has 5 aromatic carbocycles. The van der Waals surface area contributed by atoms with Gasteiger partial charge < -0.3 is 10.2 Å². The summed E-state index contributed by atoms with van der Waals surface area (Å²) in [6, 6.07) is 23.6. The number of phenolic OH excluding ortho intramolecular Hbond substituents is 2. The second kappa shape index (κ2) is 16.7. The normalized spacial score (nSPS) is 12.0. The SMILES string of the molecule is NOS(=O)(=O)c1cc(N=Nc2ccc(N=Nc3ccc(O)cc3)cc2)c2c(O)c(N=Nc3ccccc3)c(S(=O)(=O)ON)cc2c1.[Na].[Na]. The number of hydrogen-bond acceptors (Lipinski definition) is 16. The van der Waals surface area contributed by atoms with Crippen LogP contribution in [0.3, 0.4) is 0 Å². The molecule has 16 nitrogen and oxygen atoms in total. The molecule has 0 aliphatic rings. The van der Waals surface area contributed by atoms with Crippen molar-refractivity contribution in [2.24, 2.45) is 42.5 Å². The molecule has 0 spiro atoms. The van der Waals surface area contributed by atoms with Gasteiger partial charge in [0, 0.05) is 59.1 Å². The van der Waals surface area contributed by atoms with E-state index in [-0.39, 0.29) is 81.3 Å². The van der Waals surface area contributed by atoms with Crippen molar-refractivity contribution in [3.05, 3.63) is 97.1 Å². The van der Waals surface area contributed by atoms with Crippen molar-refractivity contribution in [3.63, 3.8) is 0 Å². The summed E-state index contributed by atoms with van der Waals surface area (Å²) in [5.41, 5.74) is 0.808. The van der Waals surface area contributed by atoms with Gasteiger partial charge in [0.25, 0.3) is 0 Å². The van der Waals surface area contributed by atoms with Crippen LogP contribution in [0.5, 0.6) is 11.5 Å². The van der Waals surface area contributed by atoms with E-state index in [1.165, 1.54) is 12.1 Å². The Kier molecular flexibility index (Phi) is 13.6. The molecular formula is C28H22N8Na2O8S2. The molecule has 0 atom stereocenters. The number of azo groups is 3. The van der Waals surface area contributed by atoms with Crippen molar-refractivity contribution in [2.45, 2.75) is 9.79 Å². The van der Waals surface area contributed by atoms with Crippen molar-refractivity contribution in [3.8, 4) is 11.5 Å². The van der Waals surface area contributed by atoms with E-state index < -0.39 is 41.5 Å². The van der Waals surface area contributed by atoms with Crippen LogP contribution in [0.1, 0.15) is 0 Å². The number of rotatable bonds is 10. The van der Waals surface area contributed by atoms with Crippen LogP contribution in [0.25, 0.3) is 10.8 Å². The van der Waals surface area contributed by atoms with Crippen LogP contribution >= 0.6 is 0 Å². The topological polar surface area (TPSA) is 253 Å². The maximum Gasteiger partial charge on any atom is 0.315 e. The number of nitrogens with zero attached hydrogens (tertiary/aromatic N) is 6. The number of nitrogens with two attached hydrogens (primary N) is 2. The van der Waals surface area contributed by atoms with E-state index >= 15 is 0 Å². The molecule has 0 heterocycles. The van der Waals surface area contributed by atoms with Gasteiger partial charge in [-0.25, -0.2) is 0 Å². The quantitative estimate of drug-likeness (QED) is 0.0759. The molecule has 5 aromatic rings. The smallest absolute Gasteiger partial charge is 0.315 e. The van der Waals surface area contributed by atoms with Crippen molar-refractivity contribution >= 4 is 124 Å². The number of hydrogen-bond donors (Lipinski definition) is 4. The molecule has 0 aliphatic carbocycles. The van der Waals surface area contributed by atoms with E-state index in [2.05, 4.69) is 39.3 Å². The van der Waals surface area contributed by atoms with Gasteiger partial charge in [-0.05, 0) is 84.2 Å². The molecule has 2 radical (unpaired) electrons. The average Bonchev–Trinajstić information content (AvgIpc) is 3.07. The van der Waals surface area contributed by atoms with E-state index in [0.29, 0.717) is 22.7 Å². The summed E-state index contributed by atoms with van der Waals surface area (Å²) in [6.07, 6.45) is 0. The summed E-state index contributed by atoms with van der Waals surface area (Å²) >= 11 is 0. The number of benzene rings is 5. The minimum Gasteiger partial charge on any atom is -0.508 e. The van der Waals surface area contributed by atoms with Crippen molar-refractivity contribution in [1.29, 1.82) is 0 Å². The third-order valence-electron chi connectivity index (χ3n) is 6.19.